The summed E-state index contributed by atoms with van der Waals surface area (Å²) in [6.07, 6.45) is 0.958. The number of aromatic hydroxyl groups is 1. The second kappa shape index (κ2) is 7.55. The van der Waals surface area contributed by atoms with Crippen LogP contribution < -0.4 is 14.8 Å². The largest absolute Gasteiger partial charge is 0.504 e. The van der Waals surface area contributed by atoms with Crippen molar-refractivity contribution in [3.8, 4) is 17.2 Å². The number of methoxy groups -OCH3 is 2. The number of nitrogens with one attached hydrogen (secondary N) is 1. The fraction of sp³-hybridized carbons (Fsp3) is 0.294. The summed E-state index contributed by atoms with van der Waals surface area (Å²) in [5, 5.41) is 12.9. The van der Waals surface area contributed by atoms with Crippen LogP contribution in [-0.4, -0.2) is 25.9 Å². The molecule has 0 saturated carbocycles. The molecule has 2 N–H and O–H groups in total. The number of ether oxygens (including phenoxy) is 2. The van der Waals surface area contributed by atoms with Gasteiger partial charge < -0.3 is 19.9 Å². The number of rotatable bonds is 7. The summed E-state index contributed by atoms with van der Waals surface area (Å²) in [6, 6.07) is 13.5. The molecule has 4 nitrogen and oxygen atoms in total. The zero-order valence-electron chi connectivity index (χ0n) is 12.4. The van der Waals surface area contributed by atoms with Gasteiger partial charge >= 0.3 is 0 Å². The van der Waals surface area contributed by atoms with Gasteiger partial charge in [-0.2, -0.15) is 0 Å². The Morgan fingerprint density at radius 3 is 2.33 bits per heavy atom. The second-order valence-corrected chi connectivity index (χ2v) is 4.78. The molecule has 0 saturated heterocycles. The molecule has 0 heterocycles. The third kappa shape index (κ3) is 4.39. The van der Waals surface area contributed by atoms with Crippen LogP contribution in [0, 0.1) is 0 Å². The molecule has 0 radical (unpaired) electrons. The summed E-state index contributed by atoms with van der Waals surface area (Å²) in [7, 11) is 3.22. The minimum absolute atomic E-state index is 0.166. The van der Waals surface area contributed by atoms with Crippen LogP contribution in [0.2, 0.25) is 0 Å². The van der Waals surface area contributed by atoms with Gasteiger partial charge in [-0.1, -0.05) is 18.2 Å². The molecule has 2 aromatic rings. The quantitative estimate of drug-likeness (QED) is 0.769. The Hall–Kier alpha value is -2.20. The second-order valence-electron chi connectivity index (χ2n) is 4.78. The zero-order chi connectivity index (χ0) is 15.1. The highest BCUT2D eigenvalue weighted by Crippen LogP contribution is 2.26. The summed E-state index contributed by atoms with van der Waals surface area (Å²) < 4.78 is 10.2. The summed E-state index contributed by atoms with van der Waals surface area (Å²) in [4.78, 5) is 0. The predicted octanol–water partition coefficient (Wildman–Crippen LogP) is 2.74. The van der Waals surface area contributed by atoms with Crippen molar-refractivity contribution in [2.24, 2.45) is 0 Å². The molecular formula is C17H21NO3. The molecule has 112 valence electrons. The number of hydrogen-bond acceptors (Lipinski definition) is 4. The molecule has 0 amide bonds. The molecule has 0 spiro atoms. The smallest absolute Gasteiger partial charge is 0.160 e. The van der Waals surface area contributed by atoms with Crippen LogP contribution in [0.4, 0.5) is 0 Å². The van der Waals surface area contributed by atoms with E-state index in [0.717, 1.165) is 30.8 Å². The van der Waals surface area contributed by atoms with Gasteiger partial charge in [-0.3, -0.25) is 0 Å². The first-order valence-corrected chi connectivity index (χ1v) is 6.92. The molecule has 0 bridgehead atoms. The molecule has 0 unspecified atom stereocenters. The SMILES string of the molecule is COc1ccc(CCNCc2ccc(O)c(OC)c2)cc1. The third-order valence-electron chi connectivity index (χ3n) is 3.32. The monoisotopic (exact) mass is 287 g/mol. The van der Waals surface area contributed by atoms with Gasteiger partial charge in [0.2, 0.25) is 0 Å². The Kier molecular flexibility index (Phi) is 5.46. The first kappa shape index (κ1) is 15.2. The third-order valence-corrected chi connectivity index (χ3v) is 3.32. The van der Waals surface area contributed by atoms with Gasteiger partial charge in [0.05, 0.1) is 14.2 Å². The van der Waals surface area contributed by atoms with Crippen molar-refractivity contribution in [3.05, 3.63) is 53.6 Å². The van der Waals surface area contributed by atoms with Gasteiger partial charge in [0.15, 0.2) is 11.5 Å². The molecule has 4 heteroatoms. The van der Waals surface area contributed by atoms with Gasteiger partial charge in [0.1, 0.15) is 5.75 Å². The van der Waals surface area contributed by atoms with Crippen molar-refractivity contribution in [2.75, 3.05) is 20.8 Å². The van der Waals surface area contributed by atoms with Crippen LogP contribution in [-0.2, 0) is 13.0 Å². The zero-order valence-corrected chi connectivity index (χ0v) is 12.4. The number of hydrogen-bond donors (Lipinski definition) is 2. The fourth-order valence-electron chi connectivity index (χ4n) is 2.09. The predicted molar refractivity (Wildman–Crippen MR) is 83.1 cm³/mol. The summed E-state index contributed by atoms with van der Waals surface area (Å²) in [5.74, 6) is 1.55. The minimum Gasteiger partial charge on any atom is -0.504 e. The topological polar surface area (TPSA) is 50.7 Å². The standard InChI is InChI=1S/C17H21NO3/c1-20-15-6-3-13(4-7-15)9-10-18-12-14-5-8-16(19)17(11-14)21-2/h3-8,11,18-19H,9-10,12H2,1-2H3. The first-order valence-electron chi connectivity index (χ1n) is 6.92. The van der Waals surface area contributed by atoms with Crippen molar-refractivity contribution >= 4 is 0 Å². The molecule has 0 aromatic heterocycles. The summed E-state index contributed by atoms with van der Waals surface area (Å²) in [5.41, 5.74) is 2.35. The Morgan fingerprint density at radius 1 is 0.952 bits per heavy atom. The van der Waals surface area contributed by atoms with E-state index in [1.54, 1.807) is 20.3 Å². The average molecular weight is 287 g/mol. The lowest BCUT2D eigenvalue weighted by Crippen LogP contribution is -2.16. The lowest BCUT2D eigenvalue weighted by atomic mass is 10.1. The Bertz CT molecular complexity index is 567. The molecule has 21 heavy (non-hydrogen) atoms. The van der Waals surface area contributed by atoms with E-state index < -0.39 is 0 Å². The molecular weight excluding hydrogens is 266 g/mol. The highest BCUT2D eigenvalue weighted by molar-refractivity contribution is 5.41. The highest BCUT2D eigenvalue weighted by atomic mass is 16.5. The molecule has 0 atom stereocenters. The first-order chi connectivity index (χ1) is 10.2. The number of benzene rings is 2. The van der Waals surface area contributed by atoms with E-state index in [0.29, 0.717) is 5.75 Å². The maximum atomic E-state index is 9.54. The lowest BCUT2D eigenvalue weighted by Gasteiger charge is -2.08. The molecule has 0 fully saturated rings. The molecule has 0 aliphatic heterocycles. The van der Waals surface area contributed by atoms with Gasteiger partial charge in [0, 0.05) is 6.54 Å². The van der Waals surface area contributed by atoms with E-state index >= 15 is 0 Å². The highest BCUT2D eigenvalue weighted by Gasteiger charge is 2.02. The molecule has 0 aliphatic rings. The van der Waals surface area contributed by atoms with Crippen molar-refractivity contribution < 1.29 is 14.6 Å². The maximum absolute atomic E-state index is 9.54. The fourth-order valence-corrected chi connectivity index (χ4v) is 2.09. The minimum atomic E-state index is 0.166. The van der Waals surface area contributed by atoms with Gasteiger partial charge in [0.25, 0.3) is 0 Å². The normalized spacial score (nSPS) is 10.4. The van der Waals surface area contributed by atoms with E-state index in [1.807, 2.05) is 24.3 Å². The van der Waals surface area contributed by atoms with Crippen molar-refractivity contribution in [3.63, 3.8) is 0 Å². The van der Waals surface area contributed by atoms with E-state index in [9.17, 15) is 5.11 Å². The summed E-state index contributed by atoms with van der Waals surface area (Å²) in [6.45, 7) is 1.63. The van der Waals surface area contributed by atoms with E-state index in [2.05, 4.69) is 17.4 Å². The molecule has 0 aliphatic carbocycles. The van der Waals surface area contributed by atoms with E-state index in [4.69, 9.17) is 9.47 Å². The van der Waals surface area contributed by atoms with Crippen LogP contribution in [0.5, 0.6) is 17.2 Å². The van der Waals surface area contributed by atoms with Crippen molar-refractivity contribution in [1.29, 1.82) is 0 Å². The summed E-state index contributed by atoms with van der Waals surface area (Å²) >= 11 is 0. The maximum Gasteiger partial charge on any atom is 0.160 e. The van der Waals surface area contributed by atoms with Crippen molar-refractivity contribution in [1.82, 2.24) is 5.32 Å². The number of phenolic OH excluding ortho intramolecular Hbond substituents is 1. The van der Waals surface area contributed by atoms with E-state index in [1.165, 1.54) is 5.56 Å². The molecule has 2 aromatic carbocycles. The average Bonchev–Trinajstić information content (AvgIpc) is 2.53. The van der Waals surface area contributed by atoms with Gasteiger partial charge in [-0.15, -0.1) is 0 Å². The number of phenols is 1. The Balaban J connectivity index is 1.78. The van der Waals surface area contributed by atoms with E-state index in [-0.39, 0.29) is 5.75 Å². The van der Waals surface area contributed by atoms with Crippen LogP contribution in [0.3, 0.4) is 0 Å². The Labute approximate surface area is 125 Å². The van der Waals surface area contributed by atoms with Crippen LogP contribution in [0.15, 0.2) is 42.5 Å². The van der Waals surface area contributed by atoms with Crippen LogP contribution in [0.1, 0.15) is 11.1 Å². The van der Waals surface area contributed by atoms with Crippen molar-refractivity contribution in [2.45, 2.75) is 13.0 Å². The van der Waals surface area contributed by atoms with Crippen LogP contribution >= 0.6 is 0 Å². The lowest BCUT2D eigenvalue weighted by molar-refractivity contribution is 0.373. The van der Waals surface area contributed by atoms with Gasteiger partial charge in [-0.25, -0.2) is 0 Å². The van der Waals surface area contributed by atoms with Crippen LogP contribution in [0.25, 0.3) is 0 Å². The van der Waals surface area contributed by atoms with Gasteiger partial charge in [-0.05, 0) is 48.4 Å². The Morgan fingerprint density at radius 2 is 1.67 bits per heavy atom. The molecule has 2 rings (SSSR count).